The number of hydrogen-bond donors (Lipinski definition) is 1. The van der Waals surface area contributed by atoms with Crippen LogP contribution in [-0.2, 0) is 39.4 Å². The van der Waals surface area contributed by atoms with Crippen molar-refractivity contribution < 1.29 is 53.8 Å². The molecule has 1 saturated carbocycles. The van der Waals surface area contributed by atoms with Crippen LogP contribution in [0, 0.1) is 11.8 Å². The Bertz CT molecular complexity index is 1360. The summed E-state index contributed by atoms with van der Waals surface area (Å²) in [6.07, 6.45) is -12.0. The van der Waals surface area contributed by atoms with Crippen LogP contribution < -0.4 is 10.2 Å². The number of rotatable bonds is 8. The highest BCUT2D eigenvalue weighted by atomic mass is 19.4. The Kier molecular flexibility index (Phi) is 10.7. The predicted molar refractivity (Wildman–Crippen MR) is 150 cm³/mol. The van der Waals surface area contributed by atoms with Crippen molar-refractivity contribution in [2.75, 3.05) is 11.5 Å². The number of carbonyl (C=O) groups excluding carboxylic acids is 2. The predicted octanol–water partition coefficient (Wildman–Crippen LogP) is 8.85. The van der Waals surface area contributed by atoms with Crippen molar-refractivity contribution in [2.45, 2.75) is 96.0 Å². The van der Waals surface area contributed by atoms with Gasteiger partial charge >= 0.3 is 24.5 Å². The first-order valence-electron chi connectivity index (χ1n) is 15.1. The van der Waals surface area contributed by atoms with E-state index in [0.29, 0.717) is 44.2 Å². The Morgan fingerprint density at radius 3 is 1.93 bits per heavy atom. The number of amides is 1. The molecule has 46 heavy (non-hydrogen) atoms. The highest BCUT2D eigenvalue weighted by Gasteiger charge is 2.41. The molecular weight excluding hydrogens is 631 g/mol. The average Bonchev–Trinajstić information content (AvgIpc) is 2.98. The number of nitrogens with one attached hydrogen (secondary N) is 1. The zero-order chi connectivity index (χ0) is 34.0. The van der Waals surface area contributed by atoms with Crippen LogP contribution in [0.25, 0.3) is 0 Å². The molecule has 1 fully saturated rings. The Labute approximate surface area is 260 Å². The van der Waals surface area contributed by atoms with Crippen LogP contribution in [0.3, 0.4) is 0 Å². The molecule has 2 aromatic rings. The molecule has 0 saturated heterocycles. The second-order valence-corrected chi connectivity index (χ2v) is 11.9. The third kappa shape index (κ3) is 8.34. The van der Waals surface area contributed by atoms with E-state index in [1.165, 1.54) is 11.0 Å². The van der Waals surface area contributed by atoms with Gasteiger partial charge in [0, 0.05) is 36.7 Å². The molecule has 254 valence electrons. The molecule has 1 aliphatic carbocycles. The van der Waals surface area contributed by atoms with Crippen molar-refractivity contribution in [2.24, 2.45) is 11.8 Å². The Hall–Kier alpha value is -3.29. The van der Waals surface area contributed by atoms with Crippen LogP contribution in [0.5, 0.6) is 0 Å². The second kappa shape index (κ2) is 13.8. The monoisotopic (exact) mass is 666 g/mol. The molecule has 0 spiro atoms. The molecule has 0 radical (unpaired) electrons. The highest BCUT2D eigenvalue weighted by molar-refractivity contribution is 5.97. The number of halogens is 9. The fourth-order valence-corrected chi connectivity index (χ4v) is 6.40. The lowest BCUT2D eigenvalue weighted by atomic mass is 9.79. The number of ether oxygens (including phenoxy) is 1. The van der Waals surface area contributed by atoms with Crippen molar-refractivity contribution in [3.8, 4) is 0 Å². The maximum Gasteiger partial charge on any atom is 0.416 e. The van der Waals surface area contributed by atoms with Crippen molar-refractivity contribution in [1.82, 2.24) is 5.32 Å². The van der Waals surface area contributed by atoms with E-state index < -0.39 is 59.8 Å². The minimum atomic E-state index is -5.05. The third-order valence-corrected chi connectivity index (χ3v) is 8.73. The molecular formula is C32H35F9N2O3. The Balaban J connectivity index is 1.62. The van der Waals surface area contributed by atoms with Gasteiger partial charge in [0.2, 0.25) is 5.91 Å². The molecule has 1 heterocycles. The zero-order valence-electron chi connectivity index (χ0n) is 25.2. The number of hydrogen-bond acceptors (Lipinski definition) is 4. The number of nitrogens with zero attached hydrogens (tertiary/aromatic N) is 1. The van der Waals surface area contributed by atoms with Crippen molar-refractivity contribution >= 4 is 17.6 Å². The van der Waals surface area contributed by atoms with Gasteiger partial charge in [0.1, 0.15) is 0 Å². The van der Waals surface area contributed by atoms with E-state index in [2.05, 4.69) is 5.32 Å². The summed E-state index contributed by atoms with van der Waals surface area (Å²) in [6.45, 7) is 3.26. The van der Waals surface area contributed by atoms with Crippen LogP contribution in [0.15, 0.2) is 36.4 Å². The molecule has 1 aliphatic heterocycles. The minimum Gasteiger partial charge on any atom is -0.466 e. The minimum absolute atomic E-state index is 0.00986. The Morgan fingerprint density at radius 2 is 1.41 bits per heavy atom. The lowest BCUT2D eigenvalue weighted by Crippen LogP contribution is -2.49. The van der Waals surface area contributed by atoms with Gasteiger partial charge in [0.05, 0.1) is 23.3 Å². The van der Waals surface area contributed by atoms with Gasteiger partial charge in [0.25, 0.3) is 0 Å². The topological polar surface area (TPSA) is 58.6 Å². The van der Waals surface area contributed by atoms with E-state index in [9.17, 15) is 49.1 Å². The average molecular weight is 667 g/mol. The number of anilines is 1. The van der Waals surface area contributed by atoms with Gasteiger partial charge in [0.15, 0.2) is 0 Å². The van der Waals surface area contributed by atoms with Crippen LogP contribution in [-0.4, -0.2) is 24.5 Å². The maximum absolute atomic E-state index is 13.9. The van der Waals surface area contributed by atoms with Gasteiger partial charge < -0.3 is 15.0 Å². The summed E-state index contributed by atoms with van der Waals surface area (Å²) in [6, 6.07) is 2.68. The molecule has 0 aromatic heterocycles. The molecule has 2 atom stereocenters. The van der Waals surface area contributed by atoms with Crippen molar-refractivity contribution in [3.05, 3.63) is 64.2 Å². The molecule has 4 rings (SSSR count). The van der Waals surface area contributed by atoms with Gasteiger partial charge in [-0.25, -0.2) is 0 Å². The summed E-state index contributed by atoms with van der Waals surface area (Å²) in [7, 11) is 0. The molecule has 2 aromatic carbocycles. The van der Waals surface area contributed by atoms with E-state index in [1.807, 2.05) is 0 Å². The summed E-state index contributed by atoms with van der Waals surface area (Å²) in [5, 5.41) is 2.88. The SMILES string of the molecule is CCOC(=O)CC1CCC(C(=O)N2c3ccc(C(F)(F)F)cc3C(NCc3cc(C(F)(F)F)cc(C(F)(F)F)c3)CC2CC)CC1. The van der Waals surface area contributed by atoms with E-state index in [4.69, 9.17) is 4.74 Å². The first-order valence-corrected chi connectivity index (χ1v) is 15.1. The van der Waals surface area contributed by atoms with Gasteiger partial charge in [-0.1, -0.05) is 6.92 Å². The number of fused-ring (bicyclic) bond motifs is 1. The van der Waals surface area contributed by atoms with Gasteiger partial charge in [-0.2, -0.15) is 39.5 Å². The fraction of sp³-hybridized carbons (Fsp3) is 0.562. The quantitative estimate of drug-likeness (QED) is 0.226. The third-order valence-electron chi connectivity index (χ3n) is 8.73. The first-order chi connectivity index (χ1) is 21.4. The van der Waals surface area contributed by atoms with E-state index >= 15 is 0 Å². The lowest BCUT2D eigenvalue weighted by molar-refractivity contribution is -0.145. The summed E-state index contributed by atoms with van der Waals surface area (Å²) in [5.41, 5.74) is -4.06. The van der Waals surface area contributed by atoms with E-state index in [-0.39, 0.29) is 60.1 Å². The number of alkyl halides is 9. The van der Waals surface area contributed by atoms with Gasteiger partial charge in [-0.05, 0) is 98.9 Å². The highest BCUT2D eigenvalue weighted by Crippen LogP contribution is 2.44. The summed E-state index contributed by atoms with van der Waals surface area (Å²) in [5.74, 6) is -0.964. The normalized spacial score (nSPS) is 22.4. The molecule has 14 heteroatoms. The molecule has 0 bridgehead atoms. The Morgan fingerprint density at radius 1 is 0.826 bits per heavy atom. The van der Waals surface area contributed by atoms with Crippen LogP contribution in [0.2, 0.25) is 0 Å². The van der Waals surface area contributed by atoms with E-state index in [1.54, 1.807) is 13.8 Å². The number of benzene rings is 2. The number of esters is 1. The molecule has 5 nitrogen and oxygen atoms in total. The summed E-state index contributed by atoms with van der Waals surface area (Å²) in [4.78, 5) is 27.3. The van der Waals surface area contributed by atoms with Crippen LogP contribution in [0.1, 0.15) is 92.7 Å². The maximum atomic E-state index is 13.9. The molecule has 1 amide bonds. The first kappa shape index (κ1) is 35.6. The molecule has 1 N–H and O–H groups in total. The van der Waals surface area contributed by atoms with Crippen LogP contribution >= 0.6 is 0 Å². The number of carbonyl (C=O) groups is 2. The standard InChI is InChI=1S/C32H35F9N2O3/c1-3-24-16-26(42-17-19-11-22(31(36,37)38)14-23(12-19)32(39,40)41)25-15-21(30(33,34)35)9-10-27(25)43(24)29(45)20-7-5-18(6-8-20)13-28(44)46-4-2/h9-12,14-15,18,20,24,26,42H,3-8,13,16-17H2,1-2H3. The fourth-order valence-electron chi connectivity index (χ4n) is 6.40. The summed E-state index contributed by atoms with van der Waals surface area (Å²) >= 11 is 0. The molecule has 2 unspecified atom stereocenters. The molecule has 2 aliphatic rings. The lowest BCUT2D eigenvalue weighted by Gasteiger charge is -2.43. The van der Waals surface area contributed by atoms with E-state index in [0.717, 1.165) is 12.1 Å². The smallest absolute Gasteiger partial charge is 0.416 e. The largest absolute Gasteiger partial charge is 0.466 e. The van der Waals surface area contributed by atoms with Crippen molar-refractivity contribution in [1.29, 1.82) is 0 Å². The van der Waals surface area contributed by atoms with Crippen molar-refractivity contribution in [3.63, 3.8) is 0 Å². The zero-order valence-corrected chi connectivity index (χ0v) is 25.2. The summed E-state index contributed by atoms with van der Waals surface area (Å²) < 4.78 is 127. The van der Waals surface area contributed by atoms with Gasteiger partial charge in [-0.15, -0.1) is 0 Å². The van der Waals surface area contributed by atoms with Gasteiger partial charge in [-0.3, -0.25) is 9.59 Å². The van der Waals surface area contributed by atoms with Crippen LogP contribution in [0.4, 0.5) is 45.2 Å². The second-order valence-electron chi connectivity index (χ2n) is 11.9.